The summed E-state index contributed by atoms with van der Waals surface area (Å²) in [5.74, 6) is -0.540. The van der Waals surface area contributed by atoms with Crippen LogP contribution in [0.1, 0.15) is 11.1 Å². The van der Waals surface area contributed by atoms with Gasteiger partial charge in [-0.3, -0.25) is 0 Å². The third-order valence-electron chi connectivity index (χ3n) is 1.96. The van der Waals surface area contributed by atoms with Crippen molar-refractivity contribution in [3.05, 3.63) is 35.4 Å². The normalized spacial score (nSPS) is 11.0. The zero-order valence-electron chi connectivity index (χ0n) is 8.55. The highest BCUT2D eigenvalue weighted by molar-refractivity contribution is 7.89. The molecule has 0 saturated carbocycles. The lowest BCUT2D eigenvalue weighted by Crippen LogP contribution is -2.25. The van der Waals surface area contributed by atoms with Crippen molar-refractivity contribution in [3.8, 4) is 6.07 Å². The molecule has 0 fully saturated rings. The first-order valence-corrected chi connectivity index (χ1v) is 6.25. The van der Waals surface area contributed by atoms with Crippen LogP contribution >= 0.6 is 0 Å². The van der Waals surface area contributed by atoms with Gasteiger partial charge in [-0.05, 0) is 11.1 Å². The zero-order valence-corrected chi connectivity index (χ0v) is 9.37. The number of aliphatic hydroxyl groups is 1. The molecule has 0 aliphatic carbocycles. The van der Waals surface area contributed by atoms with E-state index in [0.29, 0.717) is 0 Å². The van der Waals surface area contributed by atoms with Crippen LogP contribution in [0.5, 0.6) is 0 Å². The first-order chi connectivity index (χ1) is 7.57. The number of aliphatic hydroxyl groups excluding tert-OH is 1. The first kappa shape index (κ1) is 12.6. The highest BCUT2D eigenvalue weighted by Crippen LogP contribution is 2.04. The Balaban J connectivity index is 2.59. The summed E-state index contributed by atoms with van der Waals surface area (Å²) in [6.07, 6.45) is 0. The number of benzene rings is 1. The van der Waals surface area contributed by atoms with Crippen molar-refractivity contribution >= 4 is 10.0 Å². The smallest absolute Gasteiger partial charge is 0.225 e. The van der Waals surface area contributed by atoms with Crippen molar-refractivity contribution < 1.29 is 13.5 Å². The van der Waals surface area contributed by atoms with Crippen molar-refractivity contribution in [2.24, 2.45) is 0 Å². The van der Waals surface area contributed by atoms with Crippen LogP contribution < -0.4 is 4.72 Å². The minimum atomic E-state index is -3.51. The summed E-state index contributed by atoms with van der Waals surface area (Å²) in [5.41, 5.74) is 1.54. The molecule has 0 atom stereocenters. The molecule has 16 heavy (non-hydrogen) atoms. The number of rotatable bonds is 5. The summed E-state index contributed by atoms with van der Waals surface area (Å²) in [6.45, 7) is 0.107. The largest absolute Gasteiger partial charge is 0.392 e. The van der Waals surface area contributed by atoms with E-state index in [-0.39, 0.29) is 13.2 Å². The van der Waals surface area contributed by atoms with Crippen LogP contribution in [0.25, 0.3) is 0 Å². The molecule has 0 unspecified atom stereocenters. The van der Waals surface area contributed by atoms with E-state index in [9.17, 15) is 8.42 Å². The Labute approximate surface area is 94.4 Å². The molecule has 5 nitrogen and oxygen atoms in total. The van der Waals surface area contributed by atoms with Gasteiger partial charge in [-0.2, -0.15) is 5.26 Å². The Morgan fingerprint density at radius 1 is 1.25 bits per heavy atom. The molecule has 1 aromatic rings. The highest BCUT2D eigenvalue weighted by atomic mass is 32.2. The fraction of sp³-hybridized carbons (Fsp3) is 0.300. The summed E-state index contributed by atoms with van der Waals surface area (Å²) in [5, 5.41) is 17.1. The van der Waals surface area contributed by atoms with Gasteiger partial charge in [0.15, 0.2) is 5.75 Å². The molecule has 0 aliphatic rings. The summed E-state index contributed by atoms with van der Waals surface area (Å²) in [6, 6.07) is 8.46. The van der Waals surface area contributed by atoms with Crippen LogP contribution in [-0.2, 0) is 23.2 Å². The standard InChI is InChI=1S/C10H12N2O3S/c11-5-6-16(14,15)12-7-9-1-3-10(8-13)4-2-9/h1-4,12-13H,6-8H2. The lowest BCUT2D eigenvalue weighted by molar-refractivity contribution is 0.282. The van der Waals surface area contributed by atoms with Crippen molar-refractivity contribution in [2.75, 3.05) is 5.75 Å². The second kappa shape index (κ2) is 5.61. The Hall–Kier alpha value is -1.42. The maximum absolute atomic E-state index is 11.2. The molecular weight excluding hydrogens is 228 g/mol. The van der Waals surface area contributed by atoms with Crippen LogP contribution in [0.3, 0.4) is 0 Å². The molecule has 2 N–H and O–H groups in total. The minimum absolute atomic E-state index is 0.0412. The van der Waals surface area contributed by atoms with Crippen LogP contribution in [0.2, 0.25) is 0 Å². The Kier molecular flexibility index (Phi) is 4.43. The van der Waals surface area contributed by atoms with Crippen LogP contribution in [0, 0.1) is 11.3 Å². The van der Waals surface area contributed by atoms with E-state index in [1.54, 1.807) is 30.3 Å². The van der Waals surface area contributed by atoms with E-state index >= 15 is 0 Å². The molecule has 1 aromatic carbocycles. The molecule has 6 heteroatoms. The Morgan fingerprint density at radius 3 is 2.31 bits per heavy atom. The molecule has 1 rings (SSSR count). The Morgan fingerprint density at radius 2 is 1.81 bits per heavy atom. The fourth-order valence-corrected chi connectivity index (χ4v) is 1.75. The maximum atomic E-state index is 11.2. The second-order valence-corrected chi connectivity index (χ2v) is 5.02. The van der Waals surface area contributed by atoms with Gasteiger partial charge in [0.05, 0.1) is 12.7 Å². The second-order valence-electron chi connectivity index (χ2n) is 3.21. The van der Waals surface area contributed by atoms with E-state index in [0.717, 1.165) is 11.1 Å². The molecule has 0 aliphatic heterocycles. The van der Waals surface area contributed by atoms with E-state index in [1.165, 1.54) is 0 Å². The SMILES string of the molecule is N#CCS(=O)(=O)NCc1ccc(CO)cc1. The predicted octanol–water partition coefficient (Wildman–Crippen LogP) is 0.122. The van der Waals surface area contributed by atoms with E-state index in [1.807, 2.05) is 0 Å². The molecule has 0 bridgehead atoms. The van der Waals surface area contributed by atoms with Gasteiger partial charge in [-0.15, -0.1) is 0 Å². The molecule has 0 spiro atoms. The summed E-state index contributed by atoms with van der Waals surface area (Å²) in [7, 11) is -3.51. The highest BCUT2D eigenvalue weighted by Gasteiger charge is 2.08. The topological polar surface area (TPSA) is 90.2 Å². The van der Waals surface area contributed by atoms with Gasteiger partial charge >= 0.3 is 0 Å². The van der Waals surface area contributed by atoms with Crippen molar-refractivity contribution in [1.29, 1.82) is 5.26 Å². The average Bonchev–Trinajstić information content (AvgIpc) is 2.27. The molecular formula is C10H12N2O3S. The molecule has 0 amide bonds. The van der Waals surface area contributed by atoms with Crippen LogP contribution in [0.4, 0.5) is 0 Å². The number of nitriles is 1. The number of hydrogen-bond donors (Lipinski definition) is 2. The monoisotopic (exact) mass is 240 g/mol. The average molecular weight is 240 g/mol. The number of sulfonamides is 1. The fourth-order valence-electron chi connectivity index (χ4n) is 1.09. The summed E-state index contributed by atoms with van der Waals surface area (Å²) in [4.78, 5) is 0. The van der Waals surface area contributed by atoms with Gasteiger partial charge in [0.25, 0.3) is 0 Å². The lowest BCUT2D eigenvalue weighted by atomic mass is 10.1. The number of nitrogens with one attached hydrogen (secondary N) is 1. The van der Waals surface area contributed by atoms with Crippen LogP contribution in [-0.4, -0.2) is 19.3 Å². The van der Waals surface area contributed by atoms with Crippen LogP contribution in [0.15, 0.2) is 24.3 Å². The van der Waals surface area contributed by atoms with Gasteiger partial charge in [-0.1, -0.05) is 24.3 Å². The lowest BCUT2D eigenvalue weighted by Gasteiger charge is -2.04. The number of hydrogen-bond acceptors (Lipinski definition) is 4. The van der Waals surface area contributed by atoms with Crippen molar-refractivity contribution in [1.82, 2.24) is 4.72 Å². The molecule has 0 aromatic heterocycles. The van der Waals surface area contributed by atoms with Gasteiger partial charge in [-0.25, -0.2) is 13.1 Å². The minimum Gasteiger partial charge on any atom is -0.392 e. The van der Waals surface area contributed by atoms with Crippen molar-refractivity contribution in [3.63, 3.8) is 0 Å². The third kappa shape index (κ3) is 3.98. The summed E-state index contributed by atoms with van der Waals surface area (Å²) < 4.78 is 24.6. The van der Waals surface area contributed by atoms with Gasteiger partial charge < -0.3 is 5.11 Å². The molecule has 0 heterocycles. The number of nitrogens with zero attached hydrogens (tertiary/aromatic N) is 1. The third-order valence-corrected chi connectivity index (χ3v) is 3.05. The van der Waals surface area contributed by atoms with E-state index in [2.05, 4.69) is 4.72 Å². The zero-order chi connectivity index (χ0) is 12.0. The Bertz CT molecular complexity index is 474. The quantitative estimate of drug-likeness (QED) is 0.765. The maximum Gasteiger partial charge on any atom is 0.225 e. The van der Waals surface area contributed by atoms with Gasteiger partial charge in [0.2, 0.25) is 10.0 Å². The molecule has 86 valence electrons. The van der Waals surface area contributed by atoms with E-state index in [4.69, 9.17) is 10.4 Å². The van der Waals surface area contributed by atoms with E-state index < -0.39 is 15.8 Å². The first-order valence-electron chi connectivity index (χ1n) is 4.60. The molecule has 0 radical (unpaired) electrons. The van der Waals surface area contributed by atoms with Crippen molar-refractivity contribution in [2.45, 2.75) is 13.2 Å². The van der Waals surface area contributed by atoms with Gasteiger partial charge in [0, 0.05) is 6.54 Å². The summed E-state index contributed by atoms with van der Waals surface area (Å²) >= 11 is 0. The predicted molar refractivity (Wildman–Crippen MR) is 58.6 cm³/mol. The molecule has 0 saturated heterocycles. The van der Waals surface area contributed by atoms with Gasteiger partial charge in [0.1, 0.15) is 0 Å².